The predicted molar refractivity (Wildman–Crippen MR) is 145 cm³/mol. The fraction of sp³-hybridized carbons (Fsp3) is 0.400. The van der Waals surface area contributed by atoms with Crippen LogP contribution in [0.4, 0.5) is 8.78 Å². The van der Waals surface area contributed by atoms with Crippen LogP contribution in [0.2, 0.25) is 0 Å². The van der Waals surface area contributed by atoms with Gasteiger partial charge < -0.3 is 0 Å². The van der Waals surface area contributed by atoms with E-state index in [9.17, 15) is 17.2 Å². The van der Waals surface area contributed by atoms with E-state index in [1.807, 2.05) is 38.1 Å². The summed E-state index contributed by atoms with van der Waals surface area (Å²) in [5.74, 6) is -1.19. The summed E-state index contributed by atoms with van der Waals surface area (Å²) < 4.78 is 55.2. The van der Waals surface area contributed by atoms with Crippen LogP contribution in [0.15, 0.2) is 65.6 Å². The average Bonchev–Trinajstić information content (AvgIpc) is 2.88. The highest BCUT2D eigenvalue weighted by atomic mass is 32.2. The molecule has 0 spiro atoms. The maximum absolute atomic E-state index is 14.0. The van der Waals surface area contributed by atoms with Gasteiger partial charge in [0.1, 0.15) is 0 Å². The summed E-state index contributed by atoms with van der Waals surface area (Å²) in [4.78, 5) is 2.83. The highest BCUT2D eigenvalue weighted by Crippen LogP contribution is 2.35. The summed E-state index contributed by atoms with van der Waals surface area (Å²) >= 11 is 0. The van der Waals surface area contributed by atoms with Crippen LogP contribution in [0.1, 0.15) is 49.3 Å². The molecule has 3 aromatic carbocycles. The number of hydrogen-bond donors (Lipinski definition) is 0. The molecule has 198 valence electrons. The van der Waals surface area contributed by atoms with Crippen molar-refractivity contribution in [1.82, 2.24) is 9.21 Å². The normalized spacial score (nSPS) is 18.2. The Kier molecular flexibility index (Phi) is 8.46. The summed E-state index contributed by atoms with van der Waals surface area (Å²) in [5.41, 5.74) is 3.93. The summed E-state index contributed by atoms with van der Waals surface area (Å²) in [6, 6.07) is 18.5. The van der Waals surface area contributed by atoms with E-state index >= 15 is 0 Å². The van der Waals surface area contributed by atoms with Crippen molar-refractivity contribution in [3.63, 3.8) is 0 Å². The zero-order valence-corrected chi connectivity index (χ0v) is 22.9. The SMILES string of the molecule is CCN(CCCCN1CC(c2ccc(-c3ccc(F)c(F)c3C)cc2)C1C)S(=O)(=O)c1ccccc1C. The molecule has 1 heterocycles. The minimum Gasteiger partial charge on any atom is -0.299 e. The highest BCUT2D eigenvalue weighted by Gasteiger charge is 2.35. The van der Waals surface area contributed by atoms with Crippen molar-refractivity contribution in [2.45, 2.75) is 57.4 Å². The van der Waals surface area contributed by atoms with Crippen molar-refractivity contribution >= 4 is 10.0 Å². The van der Waals surface area contributed by atoms with Gasteiger partial charge in [-0.05, 0) is 80.1 Å². The molecular formula is C30H36F2N2O2S. The molecule has 4 nitrogen and oxygen atoms in total. The fourth-order valence-electron chi connectivity index (χ4n) is 5.28. The van der Waals surface area contributed by atoms with Gasteiger partial charge in [0.15, 0.2) is 11.6 Å². The monoisotopic (exact) mass is 526 g/mol. The van der Waals surface area contributed by atoms with Crippen LogP contribution in [-0.4, -0.2) is 49.8 Å². The Bertz CT molecular complexity index is 1340. The van der Waals surface area contributed by atoms with Crippen molar-refractivity contribution in [3.8, 4) is 11.1 Å². The molecule has 0 aromatic heterocycles. The van der Waals surface area contributed by atoms with Crippen LogP contribution in [0.3, 0.4) is 0 Å². The molecule has 1 fully saturated rings. The Hall–Kier alpha value is -2.61. The number of rotatable bonds is 10. The first-order valence-electron chi connectivity index (χ1n) is 13.0. The lowest BCUT2D eigenvalue weighted by atomic mass is 9.82. The van der Waals surface area contributed by atoms with Gasteiger partial charge in [0.05, 0.1) is 4.90 Å². The zero-order chi connectivity index (χ0) is 26.7. The zero-order valence-electron chi connectivity index (χ0n) is 22.0. The van der Waals surface area contributed by atoms with E-state index < -0.39 is 21.7 Å². The van der Waals surface area contributed by atoms with Crippen LogP contribution in [-0.2, 0) is 10.0 Å². The van der Waals surface area contributed by atoms with Crippen LogP contribution in [0, 0.1) is 25.5 Å². The van der Waals surface area contributed by atoms with E-state index in [-0.39, 0.29) is 0 Å². The Labute approximate surface area is 220 Å². The molecule has 0 amide bonds. The fourth-order valence-corrected chi connectivity index (χ4v) is 6.99. The Balaban J connectivity index is 1.28. The first kappa shape index (κ1) is 27.4. The third-order valence-corrected chi connectivity index (χ3v) is 9.88. The smallest absolute Gasteiger partial charge is 0.243 e. The molecule has 3 aromatic rings. The standard InChI is InChI=1S/C30H36F2N2O2S/c1-5-34(37(35,36)29-11-7-6-10-21(29)2)19-9-8-18-33-20-27(23(33)4)25-14-12-24(13-15-25)26-16-17-28(31)30(32)22(26)3/h6-7,10-17,23,27H,5,8-9,18-20H2,1-4H3. The van der Waals surface area contributed by atoms with Gasteiger partial charge in [0.25, 0.3) is 0 Å². The molecule has 0 N–H and O–H groups in total. The molecule has 0 saturated carbocycles. The number of hydrogen-bond acceptors (Lipinski definition) is 3. The van der Waals surface area contributed by atoms with E-state index in [1.165, 1.54) is 11.6 Å². The van der Waals surface area contributed by atoms with Crippen LogP contribution >= 0.6 is 0 Å². The number of sulfonamides is 1. The second-order valence-corrected chi connectivity index (χ2v) is 11.9. The molecule has 2 atom stereocenters. The lowest BCUT2D eigenvalue weighted by Crippen LogP contribution is -2.53. The maximum atomic E-state index is 14.0. The molecule has 4 rings (SSSR count). The van der Waals surface area contributed by atoms with E-state index in [0.717, 1.165) is 37.1 Å². The number of unbranched alkanes of at least 4 members (excludes halogenated alkanes) is 1. The number of benzene rings is 3. The van der Waals surface area contributed by atoms with Gasteiger partial charge in [0.2, 0.25) is 10.0 Å². The first-order valence-corrected chi connectivity index (χ1v) is 14.4. The Morgan fingerprint density at radius 1 is 0.973 bits per heavy atom. The second-order valence-electron chi connectivity index (χ2n) is 9.97. The second kappa shape index (κ2) is 11.4. The number of halogens is 2. The molecule has 37 heavy (non-hydrogen) atoms. The lowest BCUT2D eigenvalue weighted by molar-refractivity contribution is 0.0705. The van der Waals surface area contributed by atoms with E-state index in [1.54, 1.807) is 29.4 Å². The van der Waals surface area contributed by atoms with Gasteiger partial charge in [0, 0.05) is 31.6 Å². The quantitative estimate of drug-likeness (QED) is 0.282. The largest absolute Gasteiger partial charge is 0.299 e. The van der Waals surface area contributed by atoms with Gasteiger partial charge >= 0.3 is 0 Å². The van der Waals surface area contributed by atoms with Crippen molar-refractivity contribution < 1.29 is 17.2 Å². The Morgan fingerprint density at radius 3 is 2.32 bits per heavy atom. The number of likely N-dealkylation sites (tertiary alicyclic amines) is 1. The summed E-state index contributed by atoms with van der Waals surface area (Å²) in [6.45, 7) is 10.4. The van der Waals surface area contributed by atoms with Gasteiger partial charge in [-0.2, -0.15) is 4.31 Å². The van der Waals surface area contributed by atoms with Crippen molar-refractivity contribution in [3.05, 3.63) is 89.0 Å². The minimum atomic E-state index is -3.48. The highest BCUT2D eigenvalue weighted by molar-refractivity contribution is 7.89. The van der Waals surface area contributed by atoms with Crippen molar-refractivity contribution in [1.29, 1.82) is 0 Å². The lowest BCUT2D eigenvalue weighted by Gasteiger charge is -2.47. The molecule has 1 aliphatic heterocycles. The molecule has 0 radical (unpaired) electrons. The van der Waals surface area contributed by atoms with Gasteiger partial charge in [-0.3, -0.25) is 4.90 Å². The van der Waals surface area contributed by atoms with Gasteiger partial charge in [-0.25, -0.2) is 17.2 Å². The van der Waals surface area contributed by atoms with Crippen molar-refractivity contribution in [2.75, 3.05) is 26.2 Å². The first-order chi connectivity index (χ1) is 17.6. The summed E-state index contributed by atoms with van der Waals surface area (Å²) in [6.07, 6.45) is 1.75. The minimum absolute atomic E-state index is 0.323. The van der Waals surface area contributed by atoms with Gasteiger partial charge in [-0.1, -0.05) is 55.5 Å². The van der Waals surface area contributed by atoms with E-state index in [2.05, 4.69) is 24.0 Å². The molecule has 7 heteroatoms. The average molecular weight is 527 g/mol. The summed E-state index contributed by atoms with van der Waals surface area (Å²) in [7, 11) is -3.48. The molecule has 1 saturated heterocycles. The predicted octanol–water partition coefficient (Wildman–Crippen LogP) is 6.53. The topological polar surface area (TPSA) is 40.6 Å². The number of nitrogens with zero attached hydrogens (tertiary/aromatic N) is 2. The molecule has 2 unspecified atom stereocenters. The van der Waals surface area contributed by atoms with E-state index in [0.29, 0.717) is 41.1 Å². The third-order valence-electron chi connectivity index (χ3n) is 7.75. The van der Waals surface area contributed by atoms with Crippen LogP contribution in [0.5, 0.6) is 0 Å². The third kappa shape index (κ3) is 5.64. The van der Waals surface area contributed by atoms with Crippen LogP contribution < -0.4 is 0 Å². The molecule has 0 bridgehead atoms. The molecular weight excluding hydrogens is 490 g/mol. The molecule has 0 aliphatic carbocycles. The maximum Gasteiger partial charge on any atom is 0.243 e. The Morgan fingerprint density at radius 2 is 1.68 bits per heavy atom. The summed E-state index contributed by atoms with van der Waals surface area (Å²) in [5, 5.41) is 0. The van der Waals surface area contributed by atoms with Crippen LogP contribution in [0.25, 0.3) is 11.1 Å². The molecule has 1 aliphatic rings. The van der Waals surface area contributed by atoms with E-state index in [4.69, 9.17) is 0 Å². The van der Waals surface area contributed by atoms with Gasteiger partial charge in [-0.15, -0.1) is 0 Å². The van der Waals surface area contributed by atoms with Crippen molar-refractivity contribution in [2.24, 2.45) is 0 Å². The number of aryl methyl sites for hydroxylation is 1.